The summed E-state index contributed by atoms with van der Waals surface area (Å²) in [6, 6.07) is 73.4. The quantitative estimate of drug-likeness (QED) is 0.156. The molecule has 12 rings (SSSR count). The molecule has 7 heteroatoms. The van der Waals surface area contributed by atoms with Crippen LogP contribution in [0, 0.1) is 0 Å². The molecule has 0 atom stereocenters. The highest BCUT2D eigenvalue weighted by Gasteiger charge is 2.34. The molecule has 0 amide bonds. The van der Waals surface area contributed by atoms with Crippen LogP contribution < -0.4 is 39.9 Å². The third kappa shape index (κ3) is 5.76. The molecule has 9 aromatic carbocycles. The van der Waals surface area contributed by atoms with Gasteiger partial charge in [-0.25, -0.2) is 0 Å². The lowest BCUT2D eigenvalue weighted by atomic mass is 9.83. The summed E-state index contributed by atoms with van der Waals surface area (Å²) in [5.74, 6) is 4.77. The summed E-state index contributed by atoms with van der Waals surface area (Å²) in [4.78, 5) is 4.40. The molecule has 0 aromatic heterocycles. The number of ether oxygens (including phenoxy) is 3. The Labute approximate surface area is 359 Å². The Bertz CT molecular complexity index is 2740. The highest BCUT2D eigenvalue weighted by atomic mass is 31.2. The lowest BCUT2D eigenvalue weighted by molar-refractivity contribution is 0.453. The molecule has 0 fully saturated rings. The maximum Gasteiger partial charge on any atom is 0.171 e. The second kappa shape index (κ2) is 14.4. The van der Waals surface area contributed by atoms with Crippen LogP contribution in [0.2, 0.25) is 0 Å². The monoisotopic (exact) mass is 820 g/mol. The average molecular weight is 821 g/mol. The van der Waals surface area contributed by atoms with Gasteiger partial charge >= 0.3 is 0 Å². The van der Waals surface area contributed by atoms with Crippen LogP contribution in [0.4, 0.5) is 34.1 Å². The summed E-state index contributed by atoms with van der Waals surface area (Å²) in [7, 11) is -3.46. The van der Waals surface area contributed by atoms with Gasteiger partial charge < -0.3 is 28.6 Å². The third-order valence-electron chi connectivity index (χ3n) is 12.1. The van der Waals surface area contributed by atoms with Crippen LogP contribution in [0.3, 0.4) is 0 Å². The van der Waals surface area contributed by atoms with E-state index in [9.17, 15) is 0 Å². The van der Waals surface area contributed by atoms with Crippen molar-refractivity contribution in [2.45, 2.75) is 5.92 Å². The molecule has 3 heterocycles. The maximum absolute atomic E-state index is 16.4. The van der Waals surface area contributed by atoms with Gasteiger partial charge in [0.25, 0.3) is 0 Å². The Kier molecular flexibility index (Phi) is 8.41. The van der Waals surface area contributed by atoms with Crippen LogP contribution in [0.15, 0.2) is 218 Å². The van der Waals surface area contributed by atoms with E-state index >= 15 is 4.57 Å². The van der Waals surface area contributed by atoms with Gasteiger partial charge in [0.1, 0.15) is 11.5 Å². The zero-order chi connectivity index (χ0) is 41.2. The normalized spacial score (nSPS) is 13.5. The number of hydrogen-bond donors (Lipinski definition) is 0. The molecule has 0 N–H and O–H groups in total. The highest BCUT2D eigenvalue weighted by Crippen LogP contribution is 2.53. The van der Waals surface area contributed by atoms with Crippen molar-refractivity contribution in [1.82, 2.24) is 0 Å². The molecule has 0 bridgehead atoms. The number of rotatable bonds is 6. The average Bonchev–Trinajstić information content (AvgIpc) is 3.34. The first-order valence-corrected chi connectivity index (χ1v) is 22.4. The van der Waals surface area contributed by atoms with Gasteiger partial charge in [-0.1, -0.05) is 109 Å². The van der Waals surface area contributed by atoms with Gasteiger partial charge in [0.05, 0.1) is 22.7 Å². The first-order chi connectivity index (χ1) is 30.6. The number of hydrogen-bond acceptors (Lipinski definition) is 6. The van der Waals surface area contributed by atoms with Crippen LogP contribution in [0.5, 0.6) is 34.5 Å². The summed E-state index contributed by atoms with van der Waals surface area (Å²) in [6.07, 6.45) is 0. The van der Waals surface area contributed by atoms with Crippen molar-refractivity contribution >= 4 is 57.2 Å². The molecule has 9 aromatic rings. The zero-order valence-electron chi connectivity index (χ0n) is 33.3. The van der Waals surface area contributed by atoms with Gasteiger partial charge in [0, 0.05) is 44.3 Å². The fourth-order valence-corrected chi connectivity index (χ4v) is 11.8. The lowest BCUT2D eigenvalue weighted by Gasteiger charge is -2.33. The summed E-state index contributed by atoms with van der Waals surface area (Å²) >= 11 is 0. The maximum atomic E-state index is 16.4. The van der Waals surface area contributed by atoms with E-state index in [1.54, 1.807) is 0 Å². The molecule has 3 aliphatic heterocycles. The van der Waals surface area contributed by atoms with Crippen LogP contribution in [0.25, 0.3) is 0 Å². The highest BCUT2D eigenvalue weighted by molar-refractivity contribution is 7.85. The molecule has 0 radical (unpaired) electrons. The predicted octanol–water partition coefficient (Wildman–Crippen LogP) is 13.8. The van der Waals surface area contributed by atoms with E-state index in [1.807, 2.05) is 121 Å². The van der Waals surface area contributed by atoms with E-state index in [0.717, 1.165) is 101 Å². The minimum Gasteiger partial charge on any atom is -0.457 e. The molecule has 296 valence electrons. The SMILES string of the molecule is O=P(c1ccc(C2c3ccccc3Oc3ccccc32)cc1)(c1ccc(N2c3ccccc3Oc3ccccc32)cc1)c1ccc(N2c3ccccc3Oc3ccccc32)cc1. The summed E-state index contributed by atoms with van der Waals surface area (Å²) in [6.45, 7) is 0. The van der Waals surface area contributed by atoms with E-state index in [-0.39, 0.29) is 5.92 Å². The van der Waals surface area contributed by atoms with E-state index in [4.69, 9.17) is 14.2 Å². The second-order valence-electron chi connectivity index (χ2n) is 15.6. The molecular formula is C55H37N2O4P. The van der Waals surface area contributed by atoms with Crippen LogP contribution >= 0.6 is 7.14 Å². The van der Waals surface area contributed by atoms with Crippen molar-refractivity contribution in [2.24, 2.45) is 0 Å². The topological polar surface area (TPSA) is 51.2 Å². The third-order valence-corrected chi connectivity index (χ3v) is 15.2. The van der Waals surface area contributed by atoms with Crippen LogP contribution in [-0.4, -0.2) is 0 Å². The molecule has 62 heavy (non-hydrogen) atoms. The first-order valence-electron chi connectivity index (χ1n) is 20.7. The number of benzene rings is 9. The van der Waals surface area contributed by atoms with Crippen molar-refractivity contribution in [3.8, 4) is 34.5 Å². The van der Waals surface area contributed by atoms with E-state index in [2.05, 4.69) is 107 Å². The summed E-state index contributed by atoms with van der Waals surface area (Å²) in [5.41, 5.74) is 8.95. The van der Waals surface area contributed by atoms with E-state index < -0.39 is 7.14 Å². The standard InChI is InChI=1S/C55H37N2O4P/c58-62(40-31-25-37(26-32-40)55-43-13-1-7-19-49(43)59-50-20-8-2-14-44(50)55,41-33-27-38(28-34-41)56-45-15-3-9-21-51(45)60-52-22-10-4-16-46(52)56)42-35-29-39(30-36-42)57-47-17-5-11-23-53(47)61-54-24-12-6-18-48(54)57/h1-36,55H. The zero-order valence-corrected chi connectivity index (χ0v) is 34.2. The van der Waals surface area contributed by atoms with Gasteiger partial charge in [-0.3, -0.25) is 0 Å². The minimum absolute atomic E-state index is 0.0401. The molecule has 0 aliphatic carbocycles. The minimum atomic E-state index is -3.46. The van der Waals surface area contributed by atoms with Crippen molar-refractivity contribution in [1.29, 1.82) is 0 Å². The number of nitrogens with zero attached hydrogens (tertiary/aromatic N) is 2. The Morgan fingerprint density at radius 1 is 0.323 bits per heavy atom. The Hall–Kier alpha value is -7.79. The van der Waals surface area contributed by atoms with Crippen LogP contribution in [0.1, 0.15) is 22.6 Å². The van der Waals surface area contributed by atoms with E-state index in [1.165, 1.54) is 0 Å². The van der Waals surface area contributed by atoms with Crippen LogP contribution in [-0.2, 0) is 4.57 Å². The molecule has 0 unspecified atom stereocenters. The van der Waals surface area contributed by atoms with Crippen molar-refractivity contribution in [2.75, 3.05) is 9.80 Å². The van der Waals surface area contributed by atoms with Crippen molar-refractivity contribution < 1.29 is 18.8 Å². The van der Waals surface area contributed by atoms with Gasteiger partial charge in [0.2, 0.25) is 0 Å². The molecule has 3 aliphatic rings. The summed E-state index contributed by atoms with van der Waals surface area (Å²) in [5, 5.41) is 2.22. The number of para-hydroxylation sites is 10. The second-order valence-corrected chi connectivity index (χ2v) is 18.4. The fourth-order valence-electron chi connectivity index (χ4n) is 9.18. The van der Waals surface area contributed by atoms with Gasteiger partial charge in [-0.15, -0.1) is 0 Å². The van der Waals surface area contributed by atoms with Crippen molar-refractivity contribution in [3.63, 3.8) is 0 Å². The molecule has 0 saturated carbocycles. The predicted molar refractivity (Wildman–Crippen MR) is 249 cm³/mol. The number of anilines is 6. The molecule has 6 nitrogen and oxygen atoms in total. The Morgan fingerprint density at radius 3 is 0.984 bits per heavy atom. The van der Waals surface area contributed by atoms with E-state index in [0.29, 0.717) is 0 Å². The molecular weight excluding hydrogens is 784 g/mol. The fraction of sp³-hybridized carbons (Fsp3) is 0.0182. The van der Waals surface area contributed by atoms with Crippen molar-refractivity contribution in [3.05, 3.63) is 235 Å². The first kappa shape index (κ1) is 36.1. The molecule has 0 saturated heterocycles. The molecule has 0 spiro atoms. The summed E-state index contributed by atoms with van der Waals surface area (Å²) < 4.78 is 35.3. The largest absolute Gasteiger partial charge is 0.457 e. The van der Waals surface area contributed by atoms with Gasteiger partial charge in [0.15, 0.2) is 30.1 Å². The smallest absolute Gasteiger partial charge is 0.171 e. The Morgan fingerprint density at radius 2 is 0.613 bits per heavy atom. The lowest BCUT2D eigenvalue weighted by Crippen LogP contribution is -2.26. The van der Waals surface area contributed by atoms with Gasteiger partial charge in [-0.05, 0) is 115 Å². The number of fused-ring (bicyclic) bond motifs is 6. The van der Waals surface area contributed by atoms with Gasteiger partial charge in [-0.2, -0.15) is 0 Å². The Balaban J connectivity index is 0.979.